The normalized spacial score (nSPS) is 17.6. The number of hydrogen-bond donors (Lipinski definition) is 0. The second-order valence-electron chi connectivity index (χ2n) is 5.96. The molecule has 0 bridgehead atoms. The van der Waals surface area contributed by atoms with Crippen molar-refractivity contribution in [3.8, 4) is 0 Å². The summed E-state index contributed by atoms with van der Waals surface area (Å²) in [6.07, 6.45) is 6.89. The zero-order chi connectivity index (χ0) is 17.1. The smallest absolute Gasteiger partial charge is 0.147 e. The maximum Gasteiger partial charge on any atom is 0.147 e. The molecule has 25 heavy (non-hydrogen) atoms. The maximum absolute atomic E-state index is 13.8. The van der Waals surface area contributed by atoms with Gasteiger partial charge in [0.25, 0.3) is 0 Å². The van der Waals surface area contributed by atoms with E-state index < -0.39 is 0 Å². The van der Waals surface area contributed by atoms with Crippen LogP contribution < -0.4 is 9.80 Å². The largest absolute Gasteiger partial charge is 0.352 e. The Morgan fingerprint density at radius 1 is 0.920 bits per heavy atom. The number of pyridine rings is 1. The molecule has 5 nitrogen and oxygen atoms in total. The summed E-state index contributed by atoms with van der Waals surface area (Å²) in [4.78, 5) is 17.5. The van der Waals surface area contributed by atoms with E-state index in [4.69, 9.17) is 0 Å². The summed E-state index contributed by atoms with van der Waals surface area (Å²) >= 11 is 0. The summed E-state index contributed by atoms with van der Waals surface area (Å²) in [5.41, 5.74) is 0.922. The second kappa shape index (κ2) is 6.84. The number of benzene rings is 1. The van der Waals surface area contributed by atoms with Crippen LogP contribution in [0.4, 0.5) is 16.0 Å². The fraction of sp³-hybridized carbons (Fsp3) is 0.211. The number of anilines is 2. The quantitative estimate of drug-likeness (QED) is 0.736. The standard InChI is InChI=1S/C19H18FN5/c20-16-5-3-4-15(12-16)17-14-24(18-6-1-2-7-22-18)10-11-25(17)19-13-21-8-9-23-19/h1-9,12-13,17H,10-11,14H2. The summed E-state index contributed by atoms with van der Waals surface area (Å²) in [5, 5.41) is 0. The molecule has 3 heterocycles. The average Bonchev–Trinajstić information content (AvgIpc) is 2.69. The topological polar surface area (TPSA) is 45.2 Å². The number of nitrogens with zero attached hydrogens (tertiary/aromatic N) is 5. The predicted molar refractivity (Wildman–Crippen MR) is 95.0 cm³/mol. The average molecular weight is 335 g/mol. The van der Waals surface area contributed by atoms with Gasteiger partial charge in [-0.15, -0.1) is 0 Å². The number of aromatic nitrogens is 3. The lowest BCUT2D eigenvalue weighted by molar-refractivity contribution is 0.526. The minimum absolute atomic E-state index is 0.0249. The third kappa shape index (κ3) is 3.28. The van der Waals surface area contributed by atoms with Crippen LogP contribution in [0.1, 0.15) is 11.6 Å². The Labute approximate surface area is 145 Å². The van der Waals surface area contributed by atoms with Crippen LogP contribution in [0.25, 0.3) is 0 Å². The number of rotatable bonds is 3. The molecule has 3 aromatic rings. The van der Waals surface area contributed by atoms with Crippen molar-refractivity contribution in [2.75, 3.05) is 29.4 Å². The molecule has 0 amide bonds. The van der Waals surface area contributed by atoms with Crippen molar-refractivity contribution in [1.29, 1.82) is 0 Å². The van der Waals surface area contributed by atoms with Gasteiger partial charge in [-0.3, -0.25) is 4.98 Å². The van der Waals surface area contributed by atoms with Crippen molar-refractivity contribution in [3.05, 3.63) is 78.6 Å². The summed E-state index contributed by atoms with van der Waals surface area (Å²) in [6.45, 7) is 2.28. The number of halogens is 1. The highest BCUT2D eigenvalue weighted by atomic mass is 19.1. The molecule has 1 unspecified atom stereocenters. The van der Waals surface area contributed by atoms with Crippen molar-refractivity contribution in [2.24, 2.45) is 0 Å². The molecule has 1 atom stereocenters. The summed E-state index contributed by atoms with van der Waals surface area (Å²) in [5.74, 6) is 1.51. The second-order valence-corrected chi connectivity index (χ2v) is 5.96. The van der Waals surface area contributed by atoms with Crippen molar-refractivity contribution in [1.82, 2.24) is 15.0 Å². The fourth-order valence-electron chi connectivity index (χ4n) is 3.24. The molecule has 6 heteroatoms. The van der Waals surface area contributed by atoms with E-state index in [1.54, 1.807) is 36.9 Å². The number of hydrogen-bond acceptors (Lipinski definition) is 5. The molecule has 0 radical (unpaired) electrons. The van der Waals surface area contributed by atoms with Crippen LogP contribution in [-0.4, -0.2) is 34.6 Å². The molecule has 126 valence electrons. The van der Waals surface area contributed by atoms with Gasteiger partial charge in [0.2, 0.25) is 0 Å². The third-order valence-corrected chi connectivity index (χ3v) is 4.43. The Kier molecular flexibility index (Phi) is 4.24. The van der Waals surface area contributed by atoms with Gasteiger partial charge in [-0.25, -0.2) is 14.4 Å². The van der Waals surface area contributed by atoms with Crippen molar-refractivity contribution in [3.63, 3.8) is 0 Å². The molecular formula is C19H18FN5. The molecule has 1 saturated heterocycles. The summed E-state index contributed by atoms with van der Waals surface area (Å²) in [7, 11) is 0. The van der Waals surface area contributed by atoms with E-state index in [-0.39, 0.29) is 11.9 Å². The Balaban J connectivity index is 1.69. The highest BCUT2D eigenvalue weighted by molar-refractivity contribution is 5.47. The SMILES string of the molecule is Fc1cccc(C2CN(c3ccccn3)CCN2c2cnccn2)c1. The minimum atomic E-state index is -0.230. The van der Waals surface area contributed by atoms with Crippen LogP contribution in [0, 0.1) is 5.82 Å². The van der Waals surface area contributed by atoms with E-state index in [9.17, 15) is 4.39 Å². The molecular weight excluding hydrogens is 317 g/mol. The molecule has 1 fully saturated rings. The van der Waals surface area contributed by atoms with Crippen LogP contribution in [0.3, 0.4) is 0 Å². The molecule has 4 rings (SSSR count). The lowest BCUT2D eigenvalue weighted by Gasteiger charge is -2.42. The van der Waals surface area contributed by atoms with Crippen molar-refractivity contribution >= 4 is 11.6 Å². The Bertz CT molecular complexity index is 827. The van der Waals surface area contributed by atoms with Gasteiger partial charge in [-0.2, -0.15) is 0 Å². The van der Waals surface area contributed by atoms with E-state index in [0.29, 0.717) is 6.54 Å². The van der Waals surface area contributed by atoms with Crippen LogP contribution >= 0.6 is 0 Å². The van der Waals surface area contributed by atoms with Gasteiger partial charge in [0.15, 0.2) is 0 Å². The third-order valence-electron chi connectivity index (χ3n) is 4.43. The van der Waals surface area contributed by atoms with Gasteiger partial charge in [-0.05, 0) is 29.8 Å². The molecule has 0 aliphatic carbocycles. The molecule has 1 aliphatic rings. The first kappa shape index (κ1) is 15.5. The van der Waals surface area contributed by atoms with E-state index in [2.05, 4.69) is 24.8 Å². The van der Waals surface area contributed by atoms with Gasteiger partial charge < -0.3 is 9.80 Å². The van der Waals surface area contributed by atoms with Crippen LogP contribution in [-0.2, 0) is 0 Å². The van der Waals surface area contributed by atoms with Crippen molar-refractivity contribution < 1.29 is 4.39 Å². The summed E-state index contributed by atoms with van der Waals surface area (Å²) < 4.78 is 13.8. The molecule has 2 aromatic heterocycles. The summed E-state index contributed by atoms with van der Waals surface area (Å²) in [6, 6.07) is 12.6. The van der Waals surface area contributed by atoms with Crippen LogP contribution in [0.2, 0.25) is 0 Å². The van der Waals surface area contributed by atoms with E-state index in [0.717, 1.165) is 30.3 Å². The van der Waals surface area contributed by atoms with E-state index in [1.165, 1.54) is 6.07 Å². The Hall–Kier alpha value is -3.02. The lowest BCUT2D eigenvalue weighted by atomic mass is 10.0. The molecule has 0 saturated carbocycles. The first-order valence-corrected chi connectivity index (χ1v) is 8.25. The van der Waals surface area contributed by atoms with Gasteiger partial charge in [0.05, 0.1) is 12.2 Å². The van der Waals surface area contributed by atoms with E-state index in [1.807, 2.05) is 24.3 Å². The molecule has 1 aromatic carbocycles. The monoisotopic (exact) mass is 335 g/mol. The zero-order valence-corrected chi connectivity index (χ0v) is 13.7. The number of piperazine rings is 1. The van der Waals surface area contributed by atoms with Gasteiger partial charge in [0.1, 0.15) is 17.5 Å². The van der Waals surface area contributed by atoms with Crippen LogP contribution in [0.5, 0.6) is 0 Å². The molecule has 0 spiro atoms. The predicted octanol–water partition coefficient (Wildman–Crippen LogP) is 3.08. The maximum atomic E-state index is 13.8. The van der Waals surface area contributed by atoms with Crippen LogP contribution in [0.15, 0.2) is 67.3 Å². The first-order valence-electron chi connectivity index (χ1n) is 8.25. The molecule has 0 N–H and O–H groups in total. The van der Waals surface area contributed by atoms with Gasteiger partial charge >= 0.3 is 0 Å². The molecule has 1 aliphatic heterocycles. The Morgan fingerprint density at radius 2 is 1.84 bits per heavy atom. The minimum Gasteiger partial charge on any atom is -0.352 e. The van der Waals surface area contributed by atoms with Gasteiger partial charge in [0, 0.05) is 38.2 Å². The van der Waals surface area contributed by atoms with E-state index >= 15 is 0 Å². The lowest BCUT2D eigenvalue weighted by Crippen LogP contribution is -2.49. The first-order chi connectivity index (χ1) is 12.3. The zero-order valence-electron chi connectivity index (χ0n) is 13.7. The fourth-order valence-corrected chi connectivity index (χ4v) is 3.24. The highest BCUT2D eigenvalue weighted by Crippen LogP contribution is 2.31. The highest BCUT2D eigenvalue weighted by Gasteiger charge is 2.30. The van der Waals surface area contributed by atoms with Gasteiger partial charge in [-0.1, -0.05) is 18.2 Å². The van der Waals surface area contributed by atoms with Crippen molar-refractivity contribution in [2.45, 2.75) is 6.04 Å². The Morgan fingerprint density at radius 3 is 2.60 bits per heavy atom.